The van der Waals surface area contributed by atoms with Gasteiger partial charge in [-0.2, -0.15) is 0 Å². The minimum Gasteiger partial charge on any atom is -0.353 e. The molecule has 0 aliphatic carbocycles. The van der Waals surface area contributed by atoms with Crippen LogP contribution in [0.15, 0.2) is 18.6 Å². The average Bonchev–Trinajstić information content (AvgIpc) is 2.59. The quantitative estimate of drug-likeness (QED) is 0.787. The Balaban J connectivity index is 2.03. The molecule has 1 aliphatic rings. The Morgan fingerprint density at radius 2 is 2.18 bits per heavy atom. The van der Waals surface area contributed by atoms with Crippen molar-refractivity contribution in [2.45, 2.75) is 6.42 Å². The summed E-state index contributed by atoms with van der Waals surface area (Å²) in [6.07, 6.45) is 4.88. The Morgan fingerprint density at radius 3 is 3.12 bits per heavy atom. The molecule has 0 radical (unpaired) electrons. The number of aryl methyl sites for hydroxylation is 1. The predicted octanol–water partition coefficient (Wildman–Crippen LogP) is 0.768. The lowest BCUT2D eigenvalue weighted by molar-refractivity contribution is 0.724. The summed E-state index contributed by atoms with van der Waals surface area (Å²) in [6.45, 7) is 4.16. The summed E-state index contributed by atoms with van der Waals surface area (Å²) < 4.78 is 2.04. The summed E-state index contributed by atoms with van der Waals surface area (Å²) in [6, 6.07) is 2.02. The Hall–Kier alpha value is -1.62. The van der Waals surface area contributed by atoms with Gasteiger partial charge in [0.15, 0.2) is 5.82 Å². The zero-order valence-corrected chi connectivity index (χ0v) is 10.1. The average molecular weight is 231 g/mol. The first-order valence-electron chi connectivity index (χ1n) is 6.08. The topological polar surface area (TPSA) is 46.0 Å². The molecular weight excluding hydrogens is 214 g/mol. The molecule has 3 rings (SSSR count). The van der Waals surface area contributed by atoms with Crippen LogP contribution in [0.25, 0.3) is 11.0 Å². The summed E-state index contributed by atoms with van der Waals surface area (Å²) in [5.74, 6) is 1.02. The highest BCUT2D eigenvalue weighted by Crippen LogP contribution is 2.22. The van der Waals surface area contributed by atoms with Crippen molar-refractivity contribution in [1.29, 1.82) is 0 Å². The van der Waals surface area contributed by atoms with Crippen molar-refractivity contribution >= 4 is 16.9 Å². The molecule has 0 amide bonds. The third-order valence-electron chi connectivity index (χ3n) is 3.26. The maximum Gasteiger partial charge on any atom is 0.156 e. The lowest BCUT2D eigenvalue weighted by atomic mass is 10.3. The second kappa shape index (κ2) is 4.33. The van der Waals surface area contributed by atoms with E-state index in [0.29, 0.717) is 0 Å². The molecular formula is C12H17N5. The highest BCUT2D eigenvalue weighted by atomic mass is 15.2. The van der Waals surface area contributed by atoms with Crippen molar-refractivity contribution in [3.8, 4) is 0 Å². The van der Waals surface area contributed by atoms with Gasteiger partial charge in [-0.25, -0.2) is 9.97 Å². The molecule has 0 unspecified atom stereocenters. The molecule has 1 fully saturated rings. The number of rotatable bonds is 1. The van der Waals surface area contributed by atoms with Crippen LogP contribution in [0.3, 0.4) is 0 Å². The van der Waals surface area contributed by atoms with Gasteiger partial charge in [-0.15, -0.1) is 0 Å². The fraction of sp³-hybridized carbons (Fsp3) is 0.500. The van der Waals surface area contributed by atoms with E-state index >= 15 is 0 Å². The van der Waals surface area contributed by atoms with Crippen LogP contribution in [0.5, 0.6) is 0 Å². The number of hydrogen-bond donors (Lipinski definition) is 1. The van der Waals surface area contributed by atoms with E-state index in [9.17, 15) is 0 Å². The molecule has 1 N–H and O–H groups in total. The van der Waals surface area contributed by atoms with Crippen molar-refractivity contribution < 1.29 is 0 Å². The fourth-order valence-corrected chi connectivity index (χ4v) is 2.34. The van der Waals surface area contributed by atoms with Crippen molar-refractivity contribution in [2.75, 3.05) is 31.1 Å². The van der Waals surface area contributed by atoms with Gasteiger partial charge >= 0.3 is 0 Å². The third kappa shape index (κ3) is 1.86. The van der Waals surface area contributed by atoms with Crippen LogP contribution in [0.1, 0.15) is 6.42 Å². The van der Waals surface area contributed by atoms with E-state index in [1.807, 2.05) is 30.2 Å². The minimum absolute atomic E-state index is 1.00. The molecule has 0 saturated carbocycles. The molecule has 3 heterocycles. The van der Waals surface area contributed by atoms with Gasteiger partial charge in [0.25, 0.3) is 0 Å². The third-order valence-corrected chi connectivity index (χ3v) is 3.26. The molecule has 0 spiro atoms. The van der Waals surface area contributed by atoms with Crippen molar-refractivity contribution in [2.24, 2.45) is 7.05 Å². The van der Waals surface area contributed by atoms with Gasteiger partial charge in [0.2, 0.25) is 0 Å². The van der Waals surface area contributed by atoms with Crippen molar-refractivity contribution in [3.63, 3.8) is 0 Å². The number of anilines is 1. The van der Waals surface area contributed by atoms with Gasteiger partial charge in [0.1, 0.15) is 5.52 Å². The van der Waals surface area contributed by atoms with Crippen LogP contribution in [0.2, 0.25) is 0 Å². The number of aromatic nitrogens is 3. The number of nitrogens with one attached hydrogen (secondary N) is 1. The number of hydrogen-bond acceptors (Lipinski definition) is 4. The molecule has 2 aromatic rings. The second-order valence-corrected chi connectivity index (χ2v) is 4.45. The zero-order chi connectivity index (χ0) is 11.7. The van der Waals surface area contributed by atoms with Crippen LogP contribution >= 0.6 is 0 Å². The highest BCUT2D eigenvalue weighted by molar-refractivity contribution is 5.86. The van der Waals surface area contributed by atoms with E-state index in [0.717, 1.165) is 49.5 Å². The molecule has 90 valence electrons. The monoisotopic (exact) mass is 231 g/mol. The Labute approximate surface area is 100 Å². The van der Waals surface area contributed by atoms with E-state index < -0.39 is 0 Å². The minimum atomic E-state index is 1.00. The van der Waals surface area contributed by atoms with Crippen LogP contribution in [-0.2, 0) is 7.05 Å². The van der Waals surface area contributed by atoms with Gasteiger partial charge in [0, 0.05) is 32.9 Å². The fourth-order valence-electron chi connectivity index (χ4n) is 2.34. The molecule has 0 atom stereocenters. The predicted molar refractivity (Wildman–Crippen MR) is 68.2 cm³/mol. The number of nitrogens with zero attached hydrogens (tertiary/aromatic N) is 4. The van der Waals surface area contributed by atoms with E-state index in [-0.39, 0.29) is 0 Å². The van der Waals surface area contributed by atoms with Crippen LogP contribution < -0.4 is 10.2 Å². The van der Waals surface area contributed by atoms with Crippen LogP contribution in [-0.4, -0.2) is 40.7 Å². The van der Waals surface area contributed by atoms with Crippen molar-refractivity contribution in [3.05, 3.63) is 18.6 Å². The Kier molecular flexibility index (Phi) is 2.68. The number of imidazole rings is 1. The van der Waals surface area contributed by atoms with Gasteiger partial charge in [0.05, 0.1) is 11.8 Å². The summed E-state index contributed by atoms with van der Waals surface area (Å²) in [7, 11) is 2.02. The number of pyridine rings is 1. The molecule has 1 saturated heterocycles. The van der Waals surface area contributed by atoms with Gasteiger partial charge in [-0.1, -0.05) is 0 Å². The zero-order valence-electron chi connectivity index (χ0n) is 10.1. The first kappa shape index (κ1) is 10.5. The van der Waals surface area contributed by atoms with Gasteiger partial charge in [-0.3, -0.25) is 0 Å². The molecule has 2 aromatic heterocycles. The highest BCUT2D eigenvalue weighted by Gasteiger charge is 2.15. The maximum absolute atomic E-state index is 4.51. The van der Waals surface area contributed by atoms with Crippen LogP contribution in [0.4, 0.5) is 5.82 Å². The standard InChI is InChI=1S/C12H17N5/c1-16-9-15-11-10(16)3-5-14-12(11)17-7-2-4-13-6-8-17/h3,5,9,13H,2,4,6-8H2,1H3. The SMILES string of the molecule is Cn1cnc2c(N3CCCNCC3)nccc21. The smallest absolute Gasteiger partial charge is 0.156 e. The first-order valence-corrected chi connectivity index (χ1v) is 6.08. The van der Waals surface area contributed by atoms with Crippen molar-refractivity contribution in [1.82, 2.24) is 19.9 Å². The van der Waals surface area contributed by atoms with Gasteiger partial charge < -0.3 is 14.8 Å². The maximum atomic E-state index is 4.51. The van der Waals surface area contributed by atoms with Crippen LogP contribution in [0, 0.1) is 0 Å². The molecule has 5 heteroatoms. The molecule has 0 aromatic carbocycles. The number of fused-ring (bicyclic) bond motifs is 1. The first-order chi connectivity index (χ1) is 8.36. The largest absolute Gasteiger partial charge is 0.353 e. The van der Waals surface area contributed by atoms with E-state index in [1.54, 1.807) is 0 Å². The Morgan fingerprint density at radius 1 is 1.24 bits per heavy atom. The summed E-state index contributed by atoms with van der Waals surface area (Å²) in [4.78, 5) is 11.3. The normalized spacial score (nSPS) is 17.4. The summed E-state index contributed by atoms with van der Waals surface area (Å²) in [5.41, 5.74) is 2.16. The Bertz CT molecular complexity index is 511. The lowest BCUT2D eigenvalue weighted by Gasteiger charge is -2.21. The molecule has 17 heavy (non-hydrogen) atoms. The molecule has 5 nitrogen and oxygen atoms in total. The second-order valence-electron chi connectivity index (χ2n) is 4.45. The van der Waals surface area contributed by atoms with E-state index in [1.165, 1.54) is 0 Å². The van der Waals surface area contributed by atoms with E-state index in [4.69, 9.17) is 0 Å². The molecule has 0 bridgehead atoms. The van der Waals surface area contributed by atoms with Gasteiger partial charge in [-0.05, 0) is 19.0 Å². The lowest BCUT2D eigenvalue weighted by Crippen LogP contribution is -2.28. The van der Waals surface area contributed by atoms with E-state index in [2.05, 4.69) is 20.2 Å². The molecule has 1 aliphatic heterocycles. The summed E-state index contributed by atoms with van der Waals surface area (Å²) in [5, 5.41) is 3.41. The summed E-state index contributed by atoms with van der Waals surface area (Å²) >= 11 is 0.